The van der Waals surface area contributed by atoms with E-state index in [0.717, 1.165) is 51.7 Å². The van der Waals surface area contributed by atoms with Gasteiger partial charge in [-0.15, -0.1) is 13.2 Å². The molecule has 2 aliphatic rings. The van der Waals surface area contributed by atoms with E-state index in [9.17, 15) is 0 Å². The van der Waals surface area contributed by atoms with Crippen molar-refractivity contribution in [3.8, 4) is 0 Å². The molecule has 2 heterocycles. The van der Waals surface area contributed by atoms with Crippen molar-refractivity contribution in [2.24, 2.45) is 0 Å². The van der Waals surface area contributed by atoms with Gasteiger partial charge in [0.05, 0.1) is 13.2 Å². The number of ether oxygens (including phenoxy) is 3. The Morgan fingerprint density at radius 2 is 1.41 bits per heavy atom. The van der Waals surface area contributed by atoms with Gasteiger partial charge in [-0.3, -0.25) is 0 Å². The quantitative estimate of drug-likeness (QED) is 0.665. The summed E-state index contributed by atoms with van der Waals surface area (Å²) in [4.78, 5) is 0. The van der Waals surface area contributed by atoms with E-state index < -0.39 is 11.6 Å². The average Bonchev–Trinajstić information content (AvgIpc) is 2.91. The van der Waals surface area contributed by atoms with Crippen LogP contribution in [0.15, 0.2) is 25.3 Å². The molecule has 0 aromatic rings. The van der Waals surface area contributed by atoms with Crippen LogP contribution in [0.5, 0.6) is 0 Å². The van der Waals surface area contributed by atoms with Crippen LogP contribution < -0.4 is 0 Å². The van der Waals surface area contributed by atoms with Crippen LogP contribution in [-0.2, 0) is 14.2 Å². The lowest BCUT2D eigenvalue weighted by Crippen LogP contribution is -2.43. The second kappa shape index (κ2) is 5.34. The van der Waals surface area contributed by atoms with Crippen molar-refractivity contribution >= 4 is 0 Å². The van der Waals surface area contributed by atoms with Crippen molar-refractivity contribution in [2.45, 2.75) is 50.1 Å². The summed E-state index contributed by atoms with van der Waals surface area (Å²) in [6.45, 7) is 9.11. The Bertz CT molecular complexity index is 245. The van der Waals surface area contributed by atoms with E-state index in [1.165, 1.54) is 0 Å². The first kappa shape index (κ1) is 12.8. The minimum Gasteiger partial charge on any atom is -0.349 e. The third-order valence-corrected chi connectivity index (χ3v) is 3.42. The second-order valence-electron chi connectivity index (χ2n) is 4.81. The fourth-order valence-corrected chi connectivity index (χ4v) is 2.69. The molecular formula is C14H22O3. The van der Waals surface area contributed by atoms with E-state index in [4.69, 9.17) is 14.2 Å². The van der Waals surface area contributed by atoms with Crippen molar-refractivity contribution in [1.82, 2.24) is 0 Å². The van der Waals surface area contributed by atoms with Crippen molar-refractivity contribution in [3.05, 3.63) is 25.3 Å². The lowest BCUT2D eigenvalue weighted by atomic mass is 10.1. The molecule has 3 nitrogen and oxygen atoms in total. The Labute approximate surface area is 103 Å². The Morgan fingerprint density at radius 1 is 0.941 bits per heavy atom. The molecule has 2 fully saturated rings. The highest BCUT2D eigenvalue weighted by Crippen LogP contribution is 2.41. The predicted octanol–water partition coefficient (Wildman–Crippen LogP) is 3.17. The Morgan fingerprint density at radius 3 is 1.71 bits per heavy atom. The van der Waals surface area contributed by atoms with Crippen LogP contribution in [-0.4, -0.2) is 24.8 Å². The summed E-state index contributed by atoms with van der Waals surface area (Å²) >= 11 is 0. The van der Waals surface area contributed by atoms with Gasteiger partial charge in [0.1, 0.15) is 0 Å². The molecule has 0 amide bonds. The molecule has 0 N–H and O–H groups in total. The molecule has 0 saturated carbocycles. The Kier molecular flexibility index (Phi) is 4.02. The maximum absolute atomic E-state index is 6.24. The van der Waals surface area contributed by atoms with E-state index >= 15 is 0 Å². The summed E-state index contributed by atoms with van der Waals surface area (Å²) in [6.07, 6.45) is 9.08. The van der Waals surface area contributed by atoms with Gasteiger partial charge >= 0.3 is 0 Å². The van der Waals surface area contributed by atoms with E-state index in [0.29, 0.717) is 0 Å². The molecular weight excluding hydrogens is 216 g/mol. The molecule has 0 aromatic carbocycles. The van der Waals surface area contributed by atoms with Crippen molar-refractivity contribution < 1.29 is 14.2 Å². The van der Waals surface area contributed by atoms with Crippen LogP contribution in [0.4, 0.5) is 0 Å². The van der Waals surface area contributed by atoms with Gasteiger partial charge in [0.15, 0.2) is 11.6 Å². The van der Waals surface area contributed by atoms with Gasteiger partial charge in [-0.05, 0) is 12.8 Å². The van der Waals surface area contributed by atoms with Gasteiger partial charge in [-0.2, -0.15) is 0 Å². The first-order chi connectivity index (χ1) is 8.24. The third-order valence-electron chi connectivity index (χ3n) is 3.42. The van der Waals surface area contributed by atoms with Crippen molar-refractivity contribution in [1.29, 1.82) is 0 Å². The molecule has 0 aromatic heterocycles. The van der Waals surface area contributed by atoms with Crippen LogP contribution in [0.2, 0.25) is 0 Å². The zero-order valence-electron chi connectivity index (χ0n) is 10.5. The molecule has 2 saturated heterocycles. The van der Waals surface area contributed by atoms with E-state index in [1.54, 1.807) is 0 Å². The molecule has 2 rings (SSSR count). The first-order valence-electron chi connectivity index (χ1n) is 6.44. The van der Waals surface area contributed by atoms with Gasteiger partial charge < -0.3 is 14.2 Å². The predicted molar refractivity (Wildman–Crippen MR) is 66.5 cm³/mol. The fourth-order valence-electron chi connectivity index (χ4n) is 2.69. The smallest absolute Gasteiger partial charge is 0.175 e. The molecule has 2 unspecified atom stereocenters. The van der Waals surface area contributed by atoms with Crippen LogP contribution in [0.1, 0.15) is 38.5 Å². The minimum absolute atomic E-state index is 0.519. The Balaban J connectivity index is 2.09. The highest BCUT2D eigenvalue weighted by molar-refractivity contribution is 4.91. The molecule has 2 aliphatic heterocycles. The highest BCUT2D eigenvalue weighted by Gasteiger charge is 2.46. The van der Waals surface area contributed by atoms with E-state index in [-0.39, 0.29) is 0 Å². The number of hydrogen-bond acceptors (Lipinski definition) is 3. The average molecular weight is 238 g/mol. The van der Waals surface area contributed by atoms with Crippen molar-refractivity contribution in [2.75, 3.05) is 13.2 Å². The van der Waals surface area contributed by atoms with Crippen LogP contribution in [0.3, 0.4) is 0 Å². The summed E-state index contributed by atoms with van der Waals surface area (Å²) in [6, 6.07) is 0. The molecule has 0 aliphatic carbocycles. The van der Waals surface area contributed by atoms with E-state index in [1.807, 2.05) is 12.2 Å². The monoisotopic (exact) mass is 238 g/mol. The molecule has 96 valence electrons. The van der Waals surface area contributed by atoms with Crippen LogP contribution >= 0.6 is 0 Å². The third kappa shape index (κ3) is 2.79. The van der Waals surface area contributed by atoms with Gasteiger partial charge in [0.25, 0.3) is 0 Å². The van der Waals surface area contributed by atoms with Crippen LogP contribution in [0, 0.1) is 0 Å². The highest BCUT2D eigenvalue weighted by atomic mass is 16.8. The largest absolute Gasteiger partial charge is 0.349 e. The zero-order chi connectivity index (χ0) is 12.2. The minimum atomic E-state index is -0.519. The molecule has 2 atom stereocenters. The fraction of sp³-hybridized carbons (Fsp3) is 0.714. The maximum atomic E-state index is 6.24. The molecule has 17 heavy (non-hydrogen) atoms. The second-order valence-corrected chi connectivity index (χ2v) is 4.81. The van der Waals surface area contributed by atoms with Gasteiger partial charge in [-0.25, -0.2) is 0 Å². The molecule has 0 bridgehead atoms. The van der Waals surface area contributed by atoms with Gasteiger partial charge in [0.2, 0.25) is 0 Å². The molecule has 0 radical (unpaired) electrons. The lowest BCUT2D eigenvalue weighted by molar-refractivity contribution is -0.333. The van der Waals surface area contributed by atoms with Crippen LogP contribution in [0.25, 0.3) is 0 Å². The summed E-state index contributed by atoms with van der Waals surface area (Å²) in [7, 11) is 0. The van der Waals surface area contributed by atoms with E-state index in [2.05, 4.69) is 13.2 Å². The number of rotatable bonds is 6. The maximum Gasteiger partial charge on any atom is 0.175 e. The zero-order valence-corrected chi connectivity index (χ0v) is 10.5. The first-order valence-corrected chi connectivity index (χ1v) is 6.44. The Hall–Kier alpha value is -0.640. The summed E-state index contributed by atoms with van der Waals surface area (Å²) in [5, 5.41) is 0. The standard InChI is InChI=1S/C14H22O3/c1-3-7-13(9-5-11-15-13)17-14(8-4-2)10-6-12-16-14/h3-4H,1-2,5-12H2. The SMILES string of the molecule is C=CCC1(OC2(CC=C)CCCO2)CCCO1. The number of hydrogen-bond donors (Lipinski definition) is 0. The van der Waals surface area contributed by atoms with Gasteiger partial charge in [-0.1, -0.05) is 12.2 Å². The summed E-state index contributed by atoms with van der Waals surface area (Å²) in [5.41, 5.74) is 0. The summed E-state index contributed by atoms with van der Waals surface area (Å²) < 4.78 is 17.9. The molecule has 0 spiro atoms. The van der Waals surface area contributed by atoms with Crippen molar-refractivity contribution in [3.63, 3.8) is 0 Å². The normalized spacial score (nSPS) is 37.2. The topological polar surface area (TPSA) is 27.7 Å². The van der Waals surface area contributed by atoms with Gasteiger partial charge in [0, 0.05) is 25.7 Å². The summed E-state index contributed by atoms with van der Waals surface area (Å²) in [5.74, 6) is -1.04. The molecule has 3 heteroatoms. The lowest BCUT2D eigenvalue weighted by Gasteiger charge is -2.38.